The summed E-state index contributed by atoms with van der Waals surface area (Å²) in [6.07, 6.45) is 4.10. The van der Waals surface area contributed by atoms with Crippen molar-refractivity contribution in [2.45, 2.75) is 44.1 Å². The first-order chi connectivity index (χ1) is 5.71. The SMILES string of the molecule is FC(F)(C1CCCC1)C1CCN1. The Labute approximate surface area is 71.5 Å². The van der Waals surface area contributed by atoms with Crippen LogP contribution in [0.5, 0.6) is 0 Å². The van der Waals surface area contributed by atoms with Crippen molar-refractivity contribution in [3.8, 4) is 0 Å². The molecule has 0 bridgehead atoms. The molecule has 12 heavy (non-hydrogen) atoms. The maximum atomic E-state index is 13.5. The molecule has 2 rings (SSSR count). The average molecular weight is 175 g/mol. The van der Waals surface area contributed by atoms with Gasteiger partial charge in [0, 0.05) is 5.92 Å². The minimum atomic E-state index is -2.44. The smallest absolute Gasteiger partial charge is 0.265 e. The summed E-state index contributed by atoms with van der Waals surface area (Å²) >= 11 is 0. The van der Waals surface area contributed by atoms with E-state index in [1.807, 2.05) is 0 Å². The Bertz CT molecular complexity index is 160. The predicted octanol–water partition coefficient (Wildman–Crippen LogP) is 2.17. The summed E-state index contributed by atoms with van der Waals surface area (Å²) in [5.41, 5.74) is 0. The molecule has 1 saturated carbocycles. The molecule has 70 valence electrons. The molecular weight excluding hydrogens is 160 g/mol. The minimum Gasteiger partial charge on any atom is -0.309 e. The molecule has 2 aliphatic rings. The molecule has 0 amide bonds. The monoisotopic (exact) mass is 175 g/mol. The van der Waals surface area contributed by atoms with E-state index in [9.17, 15) is 8.78 Å². The number of alkyl halides is 2. The Morgan fingerprint density at radius 2 is 1.67 bits per heavy atom. The van der Waals surface area contributed by atoms with Crippen LogP contribution in [-0.2, 0) is 0 Å². The van der Waals surface area contributed by atoms with E-state index in [0.717, 1.165) is 32.2 Å². The van der Waals surface area contributed by atoms with Crippen LogP contribution in [0.15, 0.2) is 0 Å². The molecule has 0 radical (unpaired) electrons. The summed E-state index contributed by atoms with van der Waals surface area (Å²) in [6.45, 7) is 0.771. The first-order valence-corrected chi connectivity index (χ1v) is 4.82. The van der Waals surface area contributed by atoms with E-state index in [0.29, 0.717) is 6.42 Å². The summed E-state index contributed by atoms with van der Waals surface area (Å²) in [7, 11) is 0. The predicted molar refractivity (Wildman–Crippen MR) is 43.3 cm³/mol. The normalized spacial score (nSPS) is 32.0. The first-order valence-electron chi connectivity index (χ1n) is 4.82. The topological polar surface area (TPSA) is 12.0 Å². The molecule has 2 fully saturated rings. The van der Waals surface area contributed by atoms with Gasteiger partial charge in [-0.3, -0.25) is 0 Å². The molecular formula is C9H15F2N. The molecule has 1 unspecified atom stereocenters. The average Bonchev–Trinajstić information content (AvgIpc) is 2.30. The first kappa shape index (κ1) is 8.42. The molecule has 1 aliphatic heterocycles. The third kappa shape index (κ3) is 1.24. The van der Waals surface area contributed by atoms with Crippen LogP contribution in [0.2, 0.25) is 0 Å². The van der Waals surface area contributed by atoms with Gasteiger partial charge in [0.25, 0.3) is 5.92 Å². The molecule has 1 saturated heterocycles. The third-order valence-corrected chi connectivity index (χ3v) is 3.19. The zero-order valence-electron chi connectivity index (χ0n) is 7.15. The Morgan fingerprint density at radius 1 is 1.08 bits per heavy atom. The van der Waals surface area contributed by atoms with Gasteiger partial charge in [-0.05, 0) is 25.8 Å². The lowest BCUT2D eigenvalue weighted by atomic mass is 9.88. The molecule has 0 spiro atoms. The lowest BCUT2D eigenvalue weighted by Crippen LogP contribution is -2.57. The molecule has 3 heteroatoms. The second-order valence-corrected chi connectivity index (χ2v) is 3.95. The molecule has 1 N–H and O–H groups in total. The van der Waals surface area contributed by atoms with Crippen molar-refractivity contribution in [3.05, 3.63) is 0 Å². The van der Waals surface area contributed by atoms with Crippen molar-refractivity contribution in [2.75, 3.05) is 6.54 Å². The zero-order valence-corrected chi connectivity index (χ0v) is 7.15. The highest BCUT2D eigenvalue weighted by Gasteiger charge is 2.49. The minimum absolute atomic E-state index is 0.338. The highest BCUT2D eigenvalue weighted by Crippen LogP contribution is 2.41. The molecule has 1 aliphatic carbocycles. The number of rotatable bonds is 2. The van der Waals surface area contributed by atoms with Crippen molar-refractivity contribution >= 4 is 0 Å². The van der Waals surface area contributed by atoms with E-state index < -0.39 is 12.0 Å². The van der Waals surface area contributed by atoms with Crippen molar-refractivity contribution < 1.29 is 8.78 Å². The van der Waals surface area contributed by atoms with Crippen LogP contribution in [0.25, 0.3) is 0 Å². The maximum absolute atomic E-state index is 13.5. The summed E-state index contributed by atoms with van der Waals surface area (Å²) in [4.78, 5) is 0. The standard InChI is InChI=1S/C9H15F2N/c10-9(11,8-5-6-12-8)7-3-1-2-4-7/h7-8,12H,1-6H2. The van der Waals surface area contributed by atoms with E-state index >= 15 is 0 Å². The van der Waals surface area contributed by atoms with Gasteiger partial charge in [-0.2, -0.15) is 0 Å². The van der Waals surface area contributed by atoms with Crippen LogP contribution in [0.3, 0.4) is 0 Å². The summed E-state index contributed by atoms with van der Waals surface area (Å²) in [5, 5.41) is 2.81. The summed E-state index contributed by atoms with van der Waals surface area (Å²) in [6, 6.07) is -0.513. The van der Waals surface area contributed by atoms with Crippen LogP contribution in [0.4, 0.5) is 8.78 Å². The van der Waals surface area contributed by atoms with E-state index in [1.165, 1.54) is 0 Å². The van der Waals surface area contributed by atoms with E-state index in [-0.39, 0.29) is 5.92 Å². The van der Waals surface area contributed by atoms with Crippen molar-refractivity contribution in [1.29, 1.82) is 0 Å². The fraction of sp³-hybridized carbons (Fsp3) is 1.00. The summed E-state index contributed by atoms with van der Waals surface area (Å²) in [5.74, 6) is -2.77. The number of halogens is 2. The highest BCUT2D eigenvalue weighted by molar-refractivity contribution is 4.95. The Morgan fingerprint density at radius 3 is 2.08 bits per heavy atom. The molecule has 0 aromatic heterocycles. The fourth-order valence-corrected chi connectivity index (χ4v) is 2.21. The van der Waals surface area contributed by atoms with Crippen molar-refractivity contribution in [3.63, 3.8) is 0 Å². The van der Waals surface area contributed by atoms with Crippen molar-refractivity contribution in [1.82, 2.24) is 5.32 Å². The number of nitrogens with one attached hydrogen (secondary N) is 1. The largest absolute Gasteiger partial charge is 0.309 e. The third-order valence-electron chi connectivity index (χ3n) is 3.19. The molecule has 0 aromatic carbocycles. The van der Waals surface area contributed by atoms with E-state index in [2.05, 4.69) is 5.32 Å². The van der Waals surface area contributed by atoms with Gasteiger partial charge in [0.05, 0.1) is 6.04 Å². The zero-order chi connectivity index (χ0) is 8.60. The van der Waals surface area contributed by atoms with Gasteiger partial charge in [0.15, 0.2) is 0 Å². The van der Waals surface area contributed by atoms with Crippen LogP contribution in [0, 0.1) is 5.92 Å². The Kier molecular flexibility index (Phi) is 2.07. The number of hydrogen-bond donors (Lipinski definition) is 1. The van der Waals surface area contributed by atoms with E-state index in [1.54, 1.807) is 0 Å². The second kappa shape index (κ2) is 2.95. The highest BCUT2D eigenvalue weighted by atomic mass is 19.3. The van der Waals surface area contributed by atoms with Crippen LogP contribution in [-0.4, -0.2) is 18.5 Å². The quantitative estimate of drug-likeness (QED) is 0.678. The lowest BCUT2D eigenvalue weighted by Gasteiger charge is -2.38. The number of hydrogen-bond acceptors (Lipinski definition) is 1. The Balaban J connectivity index is 1.97. The summed E-state index contributed by atoms with van der Waals surface area (Å²) < 4.78 is 27.0. The van der Waals surface area contributed by atoms with E-state index in [4.69, 9.17) is 0 Å². The van der Waals surface area contributed by atoms with Gasteiger partial charge >= 0.3 is 0 Å². The van der Waals surface area contributed by atoms with Crippen LogP contribution >= 0.6 is 0 Å². The molecule has 1 heterocycles. The van der Waals surface area contributed by atoms with Crippen LogP contribution in [0.1, 0.15) is 32.1 Å². The van der Waals surface area contributed by atoms with Gasteiger partial charge in [-0.25, -0.2) is 8.78 Å². The molecule has 1 nitrogen and oxygen atoms in total. The lowest BCUT2D eigenvalue weighted by molar-refractivity contribution is -0.104. The van der Waals surface area contributed by atoms with Gasteiger partial charge < -0.3 is 5.32 Å². The molecule has 1 atom stereocenters. The Hall–Kier alpha value is -0.180. The van der Waals surface area contributed by atoms with Gasteiger partial charge in [-0.15, -0.1) is 0 Å². The second-order valence-electron chi connectivity index (χ2n) is 3.95. The maximum Gasteiger partial charge on any atom is 0.265 e. The van der Waals surface area contributed by atoms with Crippen LogP contribution < -0.4 is 5.32 Å². The molecule has 0 aromatic rings. The van der Waals surface area contributed by atoms with Crippen molar-refractivity contribution in [2.24, 2.45) is 5.92 Å². The fourth-order valence-electron chi connectivity index (χ4n) is 2.21. The van der Waals surface area contributed by atoms with Gasteiger partial charge in [0.2, 0.25) is 0 Å². The van der Waals surface area contributed by atoms with Gasteiger partial charge in [0.1, 0.15) is 0 Å². The van der Waals surface area contributed by atoms with Gasteiger partial charge in [-0.1, -0.05) is 12.8 Å².